The summed E-state index contributed by atoms with van der Waals surface area (Å²) in [6, 6.07) is 14.3. The van der Waals surface area contributed by atoms with E-state index >= 15 is 0 Å². The maximum Gasteiger partial charge on any atom is 0.214 e. The van der Waals surface area contributed by atoms with E-state index in [1.807, 2.05) is 24.3 Å². The Morgan fingerprint density at radius 1 is 1.03 bits per heavy atom. The van der Waals surface area contributed by atoms with Gasteiger partial charge in [-0.1, -0.05) is 18.2 Å². The molecule has 0 aliphatic heterocycles. The zero-order chi connectivity index (χ0) is 19.3. The van der Waals surface area contributed by atoms with Gasteiger partial charge in [0.2, 0.25) is 10.0 Å². The first-order valence-corrected chi connectivity index (χ1v) is 11.2. The van der Waals surface area contributed by atoms with Gasteiger partial charge in [0.1, 0.15) is 0 Å². The van der Waals surface area contributed by atoms with E-state index in [0.717, 1.165) is 49.2 Å². The van der Waals surface area contributed by atoms with Crippen LogP contribution in [0.15, 0.2) is 48.7 Å². The molecule has 29 heavy (non-hydrogen) atoms. The molecule has 1 aromatic carbocycles. The van der Waals surface area contributed by atoms with Gasteiger partial charge in [-0.15, -0.1) is 24.8 Å². The molecule has 1 saturated carbocycles. The summed E-state index contributed by atoms with van der Waals surface area (Å²) in [5.74, 6) is 0.573. The van der Waals surface area contributed by atoms with Gasteiger partial charge in [0.25, 0.3) is 0 Å². The Hall–Kier alpha value is -1.34. The highest BCUT2D eigenvalue weighted by atomic mass is 35.5. The van der Waals surface area contributed by atoms with Crippen molar-refractivity contribution in [3.63, 3.8) is 0 Å². The Kier molecular flexibility index (Phi) is 10.4. The van der Waals surface area contributed by atoms with Crippen molar-refractivity contribution in [3.8, 4) is 11.3 Å². The molecule has 5 nitrogen and oxygen atoms in total. The van der Waals surface area contributed by atoms with E-state index in [0.29, 0.717) is 5.92 Å². The van der Waals surface area contributed by atoms with Crippen molar-refractivity contribution in [1.29, 1.82) is 0 Å². The number of sulfonamides is 1. The number of pyridine rings is 1. The quantitative estimate of drug-likeness (QED) is 0.617. The van der Waals surface area contributed by atoms with Crippen molar-refractivity contribution in [2.75, 3.05) is 11.9 Å². The molecule has 1 fully saturated rings. The molecule has 0 spiro atoms. The second-order valence-electron chi connectivity index (χ2n) is 7.61. The predicted molar refractivity (Wildman–Crippen MR) is 126 cm³/mol. The highest BCUT2D eigenvalue weighted by Crippen LogP contribution is 2.26. The molecule has 1 aromatic heterocycles. The fourth-order valence-electron chi connectivity index (χ4n) is 3.44. The van der Waals surface area contributed by atoms with Crippen LogP contribution in [0.1, 0.15) is 39.5 Å². The monoisotopic (exact) mass is 459 g/mol. The normalized spacial score (nSPS) is 19.1. The summed E-state index contributed by atoms with van der Waals surface area (Å²) >= 11 is 0. The molecule has 0 saturated heterocycles. The van der Waals surface area contributed by atoms with Gasteiger partial charge in [0.15, 0.2) is 0 Å². The number of aromatic nitrogens is 1. The number of nitrogens with zero attached hydrogens (tertiary/aromatic N) is 1. The number of hydrogen-bond donors (Lipinski definition) is 2. The average molecular weight is 460 g/mol. The molecule has 2 aromatic rings. The molecule has 0 bridgehead atoms. The van der Waals surface area contributed by atoms with Crippen LogP contribution >= 0.6 is 24.8 Å². The van der Waals surface area contributed by atoms with E-state index in [9.17, 15) is 8.42 Å². The van der Waals surface area contributed by atoms with Gasteiger partial charge in [0, 0.05) is 30.0 Å². The van der Waals surface area contributed by atoms with Gasteiger partial charge in [-0.25, -0.2) is 13.1 Å². The van der Waals surface area contributed by atoms with Crippen molar-refractivity contribution < 1.29 is 8.42 Å². The minimum absolute atomic E-state index is 0. The first kappa shape index (κ1) is 25.7. The summed E-state index contributed by atoms with van der Waals surface area (Å²) in [7, 11) is -3.17. The third kappa shape index (κ3) is 7.45. The van der Waals surface area contributed by atoms with Crippen LogP contribution in [0, 0.1) is 5.92 Å². The largest absolute Gasteiger partial charge is 0.385 e. The van der Waals surface area contributed by atoms with Crippen LogP contribution < -0.4 is 10.0 Å². The number of halogens is 2. The van der Waals surface area contributed by atoms with Crippen molar-refractivity contribution in [2.24, 2.45) is 5.92 Å². The van der Waals surface area contributed by atoms with Gasteiger partial charge < -0.3 is 5.32 Å². The van der Waals surface area contributed by atoms with Crippen molar-refractivity contribution >= 4 is 40.5 Å². The summed E-state index contributed by atoms with van der Waals surface area (Å²) in [5.41, 5.74) is 3.17. The van der Waals surface area contributed by atoms with Crippen LogP contribution in [0.3, 0.4) is 0 Å². The fourth-order valence-corrected chi connectivity index (χ4v) is 4.41. The third-order valence-electron chi connectivity index (χ3n) is 5.22. The molecule has 0 unspecified atom stereocenters. The van der Waals surface area contributed by atoms with Gasteiger partial charge in [0.05, 0.1) is 10.9 Å². The predicted octanol–water partition coefficient (Wildman–Crippen LogP) is 4.89. The first-order valence-electron chi connectivity index (χ1n) is 9.70. The average Bonchev–Trinajstić information content (AvgIpc) is 2.68. The SMILES string of the molecule is CC(C)S(=O)(=O)NC1CCC(CNc2cccc(-c3ccccn3)c2)CC1.Cl.Cl. The summed E-state index contributed by atoms with van der Waals surface area (Å²) in [6.45, 7) is 4.35. The number of nitrogens with one attached hydrogen (secondary N) is 2. The molecule has 1 heterocycles. The zero-order valence-corrected chi connectivity index (χ0v) is 19.3. The Morgan fingerprint density at radius 2 is 1.76 bits per heavy atom. The van der Waals surface area contributed by atoms with E-state index in [-0.39, 0.29) is 36.1 Å². The molecule has 162 valence electrons. The minimum Gasteiger partial charge on any atom is -0.385 e. The lowest BCUT2D eigenvalue weighted by atomic mass is 9.86. The number of benzene rings is 1. The molecule has 0 amide bonds. The first-order chi connectivity index (χ1) is 12.9. The Balaban J connectivity index is 0.00000210. The second-order valence-corrected chi connectivity index (χ2v) is 9.87. The van der Waals surface area contributed by atoms with Gasteiger partial charge in [-0.3, -0.25) is 4.98 Å². The van der Waals surface area contributed by atoms with Crippen molar-refractivity contribution in [2.45, 2.75) is 50.8 Å². The summed E-state index contributed by atoms with van der Waals surface area (Å²) in [4.78, 5) is 4.41. The van der Waals surface area contributed by atoms with E-state index in [1.165, 1.54) is 0 Å². The maximum absolute atomic E-state index is 12.0. The summed E-state index contributed by atoms with van der Waals surface area (Å²) < 4.78 is 26.9. The zero-order valence-electron chi connectivity index (χ0n) is 16.9. The molecular weight excluding hydrogens is 429 g/mol. The number of rotatable bonds is 7. The molecular formula is C21H31Cl2N3O2S. The van der Waals surface area contributed by atoms with Gasteiger partial charge in [-0.05, 0) is 69.7 Å². The lowest BCUT2D eigenvalue weighted by molar-refractivity contribution is 0.323. The molecule has 1 aliphatic rings. The Bertz CT molecular complexity index is 840. The van der Waals surface area contributed by atoms with E-state index in [1.54, 1.807) is 20.0 Å². The molecule has 1 aliphatic carbocycles. The van der Waals surface area contributed by atoms with Crippen LogP contribution in [0.5, 0.6) is 0 Å². The standard InChI is InChI=1S/C21H29N3O2S.2ClH/c1-16(2)27(25,26)24-19-11-9-17(10-12-19)15-23-20-7-5-6-18(14-20)21-8-3-4-13-22-21;;/h3-8,13-14,16-17,19,23-24H,9-12,15H2,1-2H3;2*1H. The Morgan fingerprint density at radius 3 is 2.38 bits per heavy atom. The second kappa shape index (κ2) is 11.7. The van der Waals surface area contributed by atoms with Crippen molar-refractivity contribution in [3.05, 3.63) is 48.7 Å². The van der Waals surface area contributed by atoms with Crippen LogP contribution in [0.2, 0.25) is 0 Å². The smallest absolute Gasteiger partial charge is 0.214 e. The lowest BCUT2D eigenvalue weighted by Gasteiger charge is -2.29. The third-order valence-corrected chi connectivity index (χ3v) is 7.12. The highest BCUT2D eigenvalue weighted by molar-refractivity contribution is 7.90. The summed E-state index contributed by atoms with van der Waals surface area (Å²) in [6.07, 6.45) is 5.70. The van der Waals surface area contributed by atoms with E-state index < -0.39 is 10.0 Å². The molecule has 2 N–H and O–H groups in total. The maximum atomic E-state index is 12.0. The van der Waals surface area contributed by atoms with Crippen LogP contribution in [-0.4, -0.2) is 31.2 Å². The van der Waals surface area contributed by atoms with Gasteiger partial charge >= 0.3 is 0 Å². The lowest BCUT2D eigenvalue weighted by Crippen LogP contribution is -2.41. The molecule has 0 atom stereocenters. The highest BCUT2D eigenvalue weighted by Gasteiger charge is 2.26. The summed E-state index contributed by atoms with van der Waals surface area (Å²) in [5, 5.41) is 3.17. The topological polar surface area (TPSA) is 71.1 Å². The van der Waals surface area contributed by atoms with Crippen LogP contribution in [-0.2, 0) is 10.0 Å². The van der Waals surface area contributed by atoms with Crippen molar-refractivity contribution in [1.82, 2.24) is 9.71 Å². The fraction of sp³-hybridized carbons (Fsp3) is 0.476. The molecule has 3 rings (SSSR count). The molecule has 8 heteroatoms. The Labute approximate surface area is 187 Å². The van der Waals surface area contributed by atoms with E-state index in [2.05, 4.69) is 33.2 Å². The van der Waals surface area contributed by atoms with Crippen LogP contribution in [0.4, 0.5) is 5.69 Å². The molecule has 0 radical (unpaired) electrons. The van der Waals surface area contributed by atoms with Gasteiger partial charge in [-0.2, -0.15) is 0 Å². The van der Waals surface area contributed by atoms with Crippen LogP contribution in [0.25, 0.3) is 11.3 Å². The number of hydrogen-bond acceptors (Lipinski definition) is 4. The minimum atomic E-state index is -3.17. The number of anilines is 1. The van der Waals surface area contributed by atoms with E-state index in [4.69, 9.17) is 0 Å².